The second-order valence-electron chi connectivity index (χ2n) is 9.97. The van der Waals surface area contributed by atoms with Crippen LogP contribution in [0.1, 0.15) is 51.0 Å². The molecule has 1 aliphatic carbocycles. The van der Waals surface area contributed by atoms with Crippen LogP contribution in [-0.2, 0) is 9.59 Å². The minimum Gasteiger partial charge on any atom is -0.326 e. The lowest BCUT2D eigenvalue weighted by molar-refractivity contribution is -0.117. The maximum Gasteiger partial charge on any atom is 0.257 e. The fourth-order valence-electron chi connectivity index (χ4n) is 4.68. The topological polar surface area (TPSA) is 87.3 Å². The molecule has 1 fully saturated rings. The molecule has 4 rings (SSSR count). The highest BCUT2D eigenvalue weighted by Crippen LogP contribution is 2.65. The van der Waals surface area contributed by atoms with Crippen molar-refractivity contribution in [3.05, 3.63) is 86.4 Å². The third-order valence-electron chi connectivity index (χ3n) is 7.05. The Bertz CT molecular complexity index is 1550. The largest absolute Gasteiger partial charge is 0.326 e. The zero-order valence-corrected chi connectivity index (χ0v) is 24.5. The Morgan fingerprint density at radius 3 is 2.10 bits per heavy atom. The fourth-order valence-corrected chi connectivity index (χ4v) is 5.70. The van der Waals surface area contributed by atoms with E-state index in [0.717, 1.165) is 41.3 Å². The molecule has 3 N–H and O–H groups in total. The maximum atomic E-state index is 14.8. The first kappa shape index (κ1) is 29.8. The monoisotopic (exact) mass is 607 g/mol. The summed E-state index contributed by atoms with van der Waals surface area (Å²) in [6, 6.07) is 8.71. The molecule has 1 saturated carbocycles. The van der Waals surface area contributed by atoms with Crippen LogP contribution in [0.25, 0.3) is 0 Å². The van der Waals surface area contributed by atoms with Crippen molar-refractivity contribution in [2.75, 3.05) is 16.0 Å². The number of carbonyl (C=O) groups is 3. The van der Waals surface area contributed by atoms with E-state index in [0.29, 0.717) is 5.56 Å². The molecule has 11 heteroatoms. The number of amides is 3. The summed E-state index contributed by atoms with van der Waals surface area (Å²) in [5.41, 5.74) is 3.55. The van der Waals surface area contributed by atoms with Crippen LogP contribution in [-0.4, -0.2) is 22.1 Å². The average molecular weight is 609 g/mol. The molecule has 0 radical (unpaired) electrons. The first-order valence-corrected chi connectivity index (χ1v) is 13.4. The molecule has 0 spiro atoms. The summed E-state index contributed by atoms with van der Waals surface area (Å²) < 4.78 is 27.9. The molecule has 0 aromatic heterocycles. The van der Waals surface area contributed by atoms with E-state index in [1.165, 1.54) is 6.07 Å². The first-order chi connectivity index (χ1) is 18.6. The normalized spacial score (nSPS) is 17.2. The summed E-state index contributed by atoms with van der Waals surface area (Å²) in [6.45, 7) is 8.74. The minimum atomic E-state index is -1.33. The number of anilines is 3. The van der Waals surface area contributed by atoms with Gasteiger partial charge in [-0.1, -0.05) is 23.7 Å². The quantitative estimate of drug-likeness (QED) is 0.252. The van der Waals surface area contributed by atoms with Gasteiger partial charge >= 0.3 is 0 Å². The molecule has 1 aliphatic rings. The van der Waals surface area contributed by atoms with Crippen LogP contribution in [0.4, 0.5) is 25.8 Å². The number of hydrogen-bond acceptors (Lipinski definition) is 3. The van der Waals surface area contributed by atoms with Gasteiger partial charge in [-0.2, -0.15) is 0 Å². The summed E-state index contributed by atoms with van der Waals surface area (Å²) in [5.74, 6) is -5.38. The molecule has 0 heterocycles. The molecule has 3 aromatic rings. The van der Waals surface area contributed by atoms with Gasteiger partial charge in [0.25, 0.3) is 5.91 Å². The molecule has 3 aromatic carbocycles. The number of aryl methyl sites for hydroxylation is 3. The Balaban J connectivity index is 1.58. The van der Waals surface area contributed by atoms with Crippen molar-refractivity contribution in [2.45, 2.75) is 44.9 Å². The standard InChI is InChI=1S/C29H26Cl3F2N3O3/c1-12-8-17(9-13(2)15(12)4)22-23(29(22,31)32)28(40)36-18-10-14(3)24(30)19(11-18)27(39)37-26-20(33)6-7-21(25(26)34)35-16(5)38/h6-11,22-23H,1-5H3,(H,35,38)(H,36,40)(H,37,39)/t22-,23+/m0/s1. The van der Waals surface area contributed by atoms with E-state index in [1.54, 1.807) is 13.0 Å². The molecule has 0 unspecified atom stereocenters. The fraction of sp³-hybridized carbons (Fsp3) is 0.276. The zero-order valence-electron chi connectivity index (χ0n) is 22.2. The summed E-state index contributed by atoms with van der Waals surface area (Å²) in [5, 5.41) is 7.15. The molecule has 0 bridgehead atoms. The van der Waals surface area contributed by atoms with E-state index in [2.05, 4.69) is 16.0 Å². The summed E-state index contributed by atoms with van der Waals surface area (Å²) in [7, 11) is 0. The molecular weight excluding hydrogens is 583 g/mol. The number of rotatable bonds is 6. The van der Waals surface area contributed by atoms with Gasteiger partial charge in [0.2, 0.25) is 11.8 Å². The Hall–Kier alpha value is -3.20. The Morgan fingerprint density at radius 1 is 0.875 bits per heavy atom. The molecule has 40 heavy (non-hydrogen) atoms. The van der Waals surface area contributed by atoms with E-state index >= 15 is 0 Å². The maximum absolute atomic E-state index is 14.8. The molecule has 6 nitrogen and oxygen atoms in total. The average Bonchev–Trinajstić information content (AvgIpc) is 3.45. The number of benzene rings is 3. The third kappa shape index (κ3) is 5.66. The Labute approximate surface area is 245 Å². The predicted molar refractivity (Wildman–Crippen MR) is 155 cm³/mol. The van der Waals surface area contributed by atoms with Crippen molar-refractivity contribution in [3.8, 4) is 0 Å². The lowest BCUT2D eigenvalue weighted by atomic mass is 9.97. The van der Waals surface area contributed by atoms with E-state index in [-0.39, 0.29) is 22.0 Å². The van der Waals surface area contributed by atoms with Gasteiger partial charge in [0.1, 0.15) is 15.8 Å². The minimum absolute atomic E-state index is 0.0215. The third-order valence-corrected chi connectivity index (χ3v) is 8.49. The summed E-state index contributed by atoms with van der Waals surface area (Å²) >= 11 is 19.4. The zero-order chi connectivity index (χ0) is 29.7. The number of alkyl halides is 2. The highest BCUT2D eigenvalue weighted by Gasteiger charge is 2.67. The summed E-state index contributed by atoms with van der Waals surface area (Å²) in [4.78, 5) is 37.6. The van der Waals surface area contributed by atoms with Crippen LogP contribution in [0.2, 0.25) is 5.02 Å². The van der Waals surface area contributed by atoms with Crippen LogP contribution < -0.4 is 16.0 Å². The number of halogens is 5. The van der Waals surface area contributed by atoms with Crippen molar-refractivity contribution in [1.29, 1.82) is 0 Å². The highest BCUT2D eigenvalue weighted by molar-refractivity contribution is 6.53. The molecule has 2 atom stereocenters. The summed E-state index contributed by atoms with van der Waals surface area (Å²) in [6.07, 6.45) is 0. The number of nitrogens with one attached hydrogen (secondary N) is 3. The van der Waals surface area contributed by atoms with Crippen LogP contribution in [0, 0.1) is 45.2 Å². The van der Waals surface area contributed by atoms with Crippen molar-refractivity contribution in [3.63, 3.8) is 0 Å². The van der Waals surface area contributed by atoms with E-state index in [4.69, 9.17) is 34.8 Å². The van der Waals surface area contributed by atoms with Gasteiger partial charge in [-0.05, 0) is 79.8 Å². The lowest BCUT2D eigenvalue weighted by Crippen LogP contribution is -2.19. The van der Waals surface area contributed by atoms with Crippen LogP contribution in [0.15, 0.2) is 36.4 Å². The molecule has 3 amide bonds. The van der Waals surface area contributed by atoms with E-state index in [9.17, 15) is 23.2 Å². The van der Waals surface area contributed by atoms with Gasteiger partial charge < -0.3 is 16.0 Å². The van der Waals surface area contributed by atoms with Crippen LogP contribution >= 0.6 is 34.8 Å². The first-order valence-electron chi connectivity index (χ1n) is 12.3. The smallest absolute Gasteiger partial charge is 0.257 e. The Kier molecular flexibility index (Phi) is 8.18. The number of hydrogen-bond donors (Lipinski definition) is 3. The Morgan fingerprint density at radius 2 is 1.50 bits per heavy atom. The predicted octanol–water partition coefficient (Wildman–Crippen LogP) is 7.59. The highest BCUT2D eigenvalue weighted by atomic mass is 35.5. The number of carbonyl (C=O) groups excluding carboxylic acids is 3. The molecule has 0 saturated heterocycles. The second-order valence-corrected chi connectivity index (χ2v) is 11.8. The van der Waals surface area contributed by atoms with E-state index < -0.39 is 51.2 Å². The molecule has 0 aliphatic heterocycles. The van der Waals surface area contributed by atoms with Crippen LogP contribution in [0.3, 0.4) is 0 Å². The SMILES string of the molecule is CC(=O)Nc1ccc(F)c(NC(=O)c2cc(NC(=O)[C@H]3[C@H](c4cc(C)c(C)c(C)c4)C3(Cl)Cl)cc(C)c2Cl)c1F. The van der Waals surface area contributed by atoms with Crippen molar-refractivity contribution in [2.24, 2.45) is 5.92 Å². The van der Waals surface area contributed by atoms with Gasteiger partial charge in [0, 0.05) is 18.5 Å². The van der Waals surface area contributed by atoms with Crippen molar-refractivity contribution >= 4 is 69.6 Å². The lowest BCUT2D eigenvalue weighted by Gasteiger charge is -2.14. The van der Waals surface area contributed by atoms with Gasteiger partial charge in [-0.25, -0.2) is 8.78 Å². The van der Waals surface area contributed by atoms with E-state index in [1.807, 2.05) is 32.9 Å². The second kappa shape index (κ2) is 11.0. The molecular formula is C29H26Cl3F2N3O3. The van der Waals surface area contributed by atoms with Gasteiger partial charge in [-0.3, -0.25) is 14.4 Å². The van der Waals surface area contributed by atoms with Crippen molar-refractivity contribution < 1.29 is 23.2 Å². The molecule has 210 valence electrons. The van der Waals surface area contributed by atoms with Gasteiger partial charge in [0.15, 0.2) is 5.82 Å². The van der Waals surface area contributed by atoms with Crippen LogP contribution in [0.5, 0.6) is 0 Å². The van der Waals surface area contributed by atoms with Gasteiger partial charge in [0.05, 0.1) is 22.2 Å². The van der Waals surface area contributed by atoms with Gasteiger partial charge in [-0.15, -0.1) is 23.2 Å². The van der Waals surface area contributed by atoms with Crippen molar-refractivity contribution in [1.82, 2.24) is 0 Å².